The molecule has 0 fully saturated rings. The summed E-state index contributed by atoms with van der Waals surface area (Å²) in [6.07, 6.45) is 15.8. The summed E-state index contributed by atoms with van der Waals surface area (Å²) in [6, 6.07) is 12.4. The number of Topliss-reactive ketones (excluding diaryl/α,β-unsaturated/α-hetero) is 1. The van der Waals surface area contributed by atoms with Crippen LogP contribution < -0.4 is 5.32 Å². The fourth-order valence-corrected chi connectivity index (χ4v) is 7.33. The van der Waals surface area contributed by atoms with Gasteiger partial charge in [0.1, 0.15) is 0 Å². The fourth-order valence-electron chi connectivity index (χ4n) is 7.33. The highest BCUT2D eigenvalue weighted by Gasteiger charge is 2.29. The van der Waals surface area contributed by atoms with Crippen molar-refractivity contribution in [3.05, 3.63) is 116 Å². The molecule has 6 nitrogen and oxygen atoms in total. The first kappa shape index (κ1) is 37.7. The molecule has 0 saturated heterocycles. The average molecular weight is 687 g/mol. The molecule has 268 valence electrons. The minimum Gasteiger partial charge on any atom is -0.462 e. The van der Waals surface area contributed by atoms with Crippen LogP contribution in [0.1, 0.15) is 125 Å². The van der Waals surface area contributed by atoms with E-state index >= 15 is 0 Å². The molecule has 0 unspecified atom stereocenters. The van der Waals surface area contributed by atoms with Gasteiger partial charge < -0.3 is 10.1 Å². The molecule has 6 heteroatoms. The number of anilines is 1. The van der Waals surface area contributed by atoms with Crippen molar-refractivity contribution in [1.29, 1.82) is 0 Å². The van der Waals surface area contributed by atoms with Gasteiger partial charge in [-0.3, -0.25) is 14.6 Å². The third-order valence-corrected chi connectivity index (χ3v) is 10.3. The standard InChI is InChI=1S/C45H54N2O4/c1-7-46-40-26-34-25-35-27-41(47-8-2)30(4)24-39(35)43(38(34)23-29(40)3)36-20-16-17-21-37(36)45(50)51-22-18-14-12-10-9-11-13-15-19-33-28-42(48)31(5)32(6)44(33)49/h16-17,20-21,23-24,26-28,46H,7-15,18-19,22,25H2,1-6H3/b47-41-. The summed E-state index contributed by atoms with van der Waals surface area (Å²) in [5, 5.41) is 3.52. The number of aliphatic imine (C=N–C) groups is 1. The molecule has 5 rings (SSSR count). The molecule has 0 saturated carbocycles. The Labute approximate surface area is 304 Å². The SMILES string of the molecule is CC/N=C1/C=C2Cc3cc(NCC)c(C)cc3C(c3ccccc3C(=O)OCCCCCCCCCCC3=CC(=O)C(C)=C(C)C3=O)=C2C=C1C. The predicted molar refractivity (Wildman–Crippen MR) is 210 cm³/mol. The van der Waals surface area contributed by atoms with Crippen molar-refractivity contribution in [2.75, 3.05) is 25.0 Å². The molecule has 0 radical (unpaired) electrons. The van der Waals surface area contributed by atoms with Gasteiger partial charge in [-0.05, 0) is 148 Å². The Hall–Kier alpha value is -4.58. The van der Waals surface area contributed by atoms with Crippen LogP contribution in [0.4, 0.5) is 5.69 Å². The van der Waals surface area contributed by atoms with E-state index in [0.29, 0.717) is 35.3 Å². The summed E-state index contributed by atoms with van der Waals surface area (Å²) in [4.78, 5) is 42.9. The molecule has 0 spiro atoms. The maximum atomic E-state index is 13.7. The Morgan fingerprint density at radius 2 is 1.53 bits per heavy atom. The number of ketones is 2. The second-order valence-corrected chi connectivity index (χ2v) is 14.0. The quantitative estimate of drug-likeness (QED) is 0.108. The summed E-state index contributed by atoms with van der Waals surface area (Å²) in [5.74, 6) is -0.282. The first-order chi connectivity index (χ1) is 24.6. The lowest BCUT2D eigenvalue weighted by atomic mass is 9.75. The van der Waals surface area contributed by atoms with Crippen LogP contribution in [0.3, 0.4) is 0 Å². The minimum absolute atomic E-state index is 0.0288. The van der Waals surface area contributed by atoms with Gasteiger partial charge in [-0.25, -0.2) is 4.79 Å². The van der Waals surface area contributed by atoms with E-state index in [1.54, 1.807) is 13.8 Å². The minimum atomic E-state index is -0.281. The maximum Gasteiger partial charge on any atom is 0.338 e. The van der Waals surface area contributed by atoms with Crippen molar-refractivity contribution in [3.63, 3.8) is 0 Å². The van der Waals surface area contributed by atoms with Crippen LogP contribution in [0.2, 0.25) is 0 Å². The average Bonchev–Trinajstić information content (AvgIpc) is 3.12. The second-order valence-electron chi connectivity index (χ2n) is 14.0. The van der Waals surface area contributed by atoms with E-state index < -0.39 is 0 Å². The van der Waals surface area contributed by atoms with Crippen LogP contribution in [0.5, 0.6) is 0 Å². The lowest BCUT2D eigenvalue weighted by molar-refractivity contribution is -0.116. The lowest BCUT2D eigenvalue weighted by Crippen LogP contribution is -2.17. The molecule has 2 aromatic carbocycles. The Balaban J connectivity index is 1.17. The van der Waals surface area contributed by atoms with Crippen LogP contribution in [-0.2, 0) is 20.7 Å². The van der Waals surface area contributed by atoms with E-state index in [1.807, 2.05) is 18.2 Å². The number of nitrogens with zero attached hydrogens (tertiary/aromatic N) is 1. The molecular weight excluding hydrogens is 633 g/mol. The van der Waals surface area contributed by atoms with Gasteiger partial charge in [0.25, 0.3) is 0 Å². The molecule has 0 amide bonds. The molecule has 0 heterocycles. The van der Waals surface area contributed by atoms with Crippen LogP contribution in [0.15, 0.2) is 93.1 Å². The third-order valence-electron chi connectivity index (χ3n) is 10.3. The second kappa shape index (κ2) is 17.6. The van der Waals surface area contributed by atoms with Gasteiger partial charge in [0, 0.05) is 35.5 Å². The monoisotopic (exact) mass is 686 g/mol. The van der Waals surface area contributed by atoms with Gasteiger partial charge in [-0.1, -0.05) is 56.7 Å². The fraction of sp³-hybridized carbons (Fsp3) is 0.422. The topological polar surface area (TPSA) is 84.8 Å². The zero-order chi connectivity index (χ0) is 36.5. The van der Waals surface area contributed by atoms with Crippen LogP contribution >= 0.6 is 0 Å². The summed E-state index contributed by atoms with van der Waals surface area (Å²) in [6.45, 7) is 13.9. The van der Waals surface area contributed by atoms with Gasteiger partial charge in [0.2, 0.25) is 0 Å². The molecule has 0 aliphatic heterocycles. The normalized spacial score (nSPS) is 16.5. The van der Waals surface area contributed by atoms with Gasteiger partial charge in [0.05, 0.1) is 17.9 Å². The van der Waals surface area contributed by atoms with E-state index in [2.05, 4.69) is 63.4 Å². The number of rotatable bonds is 16. The van der Waals surface area contributed by atoms with Gasteiger partial charge in [0.15, 0.2) is 11.6 Å². The van der Waals surface area contributed by atoms with Crippen LogP contribution in [0.25, 0.3) is 5.57 Å². The number of nitrogens with one attached hydrogen (secondary N) is 1. The van der Waals surface area contributed by atoms with Gasteiger partial charge >= 0.3 is 5.97 Å². The Morgan fingerprint density at radius 1 is 0.824 bits per heavy atom. The first-order valence-corrected chi connectivity index (χ1v) is 18.9. The van der Waals surface area contributed by atoms with Crippen LogP contribution in [-0.4, -0.2) is 42.9 Å². The van der Waals surface area contributed by atoms with Crippen molar-refractivity contribution in [2.45, 2.75) is 106 Å². The zero-order valence-electron chi connectivity index (χ0n) is 31.5. The van der Waals surface area contributed by atoms with Crippen molar-refractivity contribution >= 4 is 34.5 Å². The molecule has 0 bridgehead atoms. The summed E-state index contributed by atoms with van der Waals surface area (Å²) < 4.78 is 5.90. The molecule has 1 N–H and O–H groups in total. The number of fused-ring (bicyclic) bond motifs is 2. The van der Waals surface area contributed by atoms with E-state index in [9.17, 15) is 14.4 Å². The number of unbranched alkanes of at least 4 members (excludes halogenated alkanes) is 7. The highest BCUT2D eigenvalue weighted by atomic mass is 16.5. The lowest BCUT2D eigenvalue weighted by Gasteiger charge is -2.30. The largest absolute Gasteiger partial charge is 0.462 e. The van der Waals surface area contributed by atoms with Crippen LogP contribution in [0, 0.1) is 6.92 Å². The predicted octanol–water partition coefficient (Wildman–Crippen LogP) is 10.2. The van der Waals surface area contributed by atoms with Crippen molar-refractivity contribution in [1.82, 2.24) is 0 Å². The van der Waals surface area contributed by atoms with Crippen molar-refractivity contribution in [2.24, 2.45) is 4.99 Å². The summed E-state index contributed by atoms with van der Waals surface area (Å²) in [7, 11) is 0. The highest BCUT2D eigenvalue weighted by molar-refractivity contribution is 6.22. The number of esters is 1. The maximum absolute atomic E-state index is 13.7. The molecular formula is C45H54N2O4. The number of ether oxygens (including phenoxy) is 1. The number of benzene rings is 2. The van der Waals surface area contributed by atoms with E-state index in [-0.39, 0.29) is 17.5 Å². The summed E-state index contributed by atoms with van der Waals surface area (Å²) in [5.41, 5.74) is 13.7. The molecule has 0 atom stereocenters. The van der Waals surface area contributed by atoms with Gasteiger partial charge in [-0.2, -0.15) is 0 Å². The smallest absolute Gasteiger partial charge is 0.338 e. The molecule has 2 aromatic rings. The third kappa shape index (κ3) is 8.84. The Morgan fingerprint density at radius 3 is 2.25 bits per heavy atom. The van der Waals surface area contributed by atoms with E-state index in [0.717, 1.165) is 105 Å². The van der Waals surface area contributed by atoms with E-state index in [1.165, 1.54) is 28.3 Å². The number of carbonyl (C=O) groups is 3. The number of allylic oxidation sites excluding steroid dienone is 9. The molecule has 51 heavy (non-hydrogen) atoms. The highest BCUT2D eigenvalue weighted by Crippen LogP contribution is 2.44. The number of hydrogen-bond acceptors (Lipinski definition) is 6. The molecule has 0 aromatic heterocycles. The number of carbonyl (C=O) groups excluding carboxylic acids is 3. The zero-order valence-corrected chi connectivity index (χ0v) is 31.5. The molecule has 3 aliphatic carbocycles. The molecule has 3 aliphatic rings. The van der Waals surface area contributed by atoms with Crippen molar-refractivity contribution < 1.29 is 19.1 Å². The Kier molecular flexibility index (Phi) is 13.0. The van der Waals surface area contributed by atoms with E-state index in [4.69, 9.17) is 9.73 Å². The number of aryl methyl sites for hydroxylation is 1. The summed E-state index contributed by atoms with van der Waals surface area (Å²) >= 11 is 0. The number of hydrogen-bond donors (Lipinski definition) is 1. The van der Waals surface area contributed by atoms with Gasteiger partial charge in [-0.15, -0.1) is 0 Å². The Bertz CT molecular complexity index is 1880. The first-order valence-electron chi connectivity index (χ1n) is 18.9. The van der Waals surface area contributed by atoms with Crippen molar-refractivity contribution in [3.8, 4) is 0 Å².